The average Bonchev–Trinajstić information content (AvgIpc) is 2.98. The van der Waals surface area contributed by atoms with Crippen molar-refractivity contribution < 1.29 is 9.53 Å². The van der Waals surface area contributed by atoms with Crippen molar-refractivity contribution in [3.63, 3.8) is 0 Å². The summed E-state index contributed by atoms with van der Waals surface area (Å²) in [7, 11) is 0. The molecule has 25 heavy (non-hydrogen) atoms. The number of hydrogen-bond donors (Lipinski definition) is 0. The van der Waals surface area contributed by atoms with Crippen LogP contribution in [0.15, 0.2) is 54.7 Å². The van der Waals surface area contributed by atoms with Crippen LogP contribution in [0.2, 0.25) is 5.02 Å². The van der Waals surface area contributed by atoms with Crippen LogP contribution < -0.4 is 4.74 Å². The van der Waals surface area contributed by atoms with Crippen LogP contribution in [0.4, 0.5) is 0 Å². The third kappa shape index (κ3) is 3.88. The summed E-state index contributed by atoms with van der Waals surface area (Å²) in [5, 5.41) is 1.65. The third-order valence-electron chi connectivity index (χ3n) is 4.22. The minimum atomic E-state index is -0.0113. The Morgan fingerprint density at radius 2 is 1.84 bits per heavy atom. The number of Topliss-reactive ketones (excluding diaryl/α,β-unsaturated/α-hetero) is 1. The van der Waals surface area contributed by atoms with Crippen molar-refractivity contribution in [2.45, 2.75) is 26.8 Å². The van der Waals surface area contributed by atoms with Crippen LogP contribution in [0, 0.1) is 5.92 Å². The smallest absolute Gasteiger partial charge is 0.167 e. The van der Waals surface area contributed by atoms with Gasteiger partial charge in [0.15, 0.2) is 5.78 Å². The second-order valence-corrected chi connectivity index (χ2v) is 6.81. The Morgan fingerprint density at radius 1 is 1.12 bits per heavy atom. The fourth-order valence-electron chi connectivity index (χ4n) is 2.92. The van der Waals surface area contributed by atoms with Crippen LogP contribution in [0.1, 0.15) is 30.6 Å². The molecule has 4 heteroatoms. The Hall–Kier alpha value is -2.26. The molecule has 2 aromatic carbocycles. The van der Waals surface area contributed by atoms with Gasteiger partial charge in [0.2, 0.25) is 0 Å². The highest BCUT2D eigenvalue weighted by Gasteiger charge is 2.17. The number of hydrogen-bond acceptors (Lipinski definition) is 2. The number of halogens is 1. The van der Waals surface area contributed by atoms with Gasteiger partial charge in [0, 0.05) is 35.1 Å². The van der Waals surface area contributed by atoms with Crippen molar-refractivity contribution in [3.05, 3.63) is 65.3 Å². The summed E-state index contributed by atoms with van der Waals surface area (Å²) in [4.78, 5) is 12.5. The molecular formula is C21H22ClNO2. The summed E-state index contributed by atoms with van der Waals surface area (Å²) in [5.74, 6) is 0.877. The van der Waals surface area contributed by atoms with Gasteiger partial charge in [-0.25, -0.2) is 0 Å². The number of carbonyl (C=O) groups is 1. The molecule has 130 valence electrons. The molecule has 0 saturated carbocycles. The SMILES string of the molecule is CC(C)C(=O)c1cn(CCCOc2ccccc2Cl)c2ccccc12. The van der Waals surface area contributed by atoms with Gasteiger partial charge in [0.05, 0.1) is 11.6 Å². The number of carbonyl (C=O) groups excluding carboxylic acids is 1. The van der Waals surface area contributed by atoms with Crippen LogP contribution >= 0.6 is 11.6 Å². The van der Waals surface area contributed by atoms with Gasteiger partial charge in [-0.3, -0.25) is 4.79 Å². The fourth-order valence-corrected chi connectivity index (χ4v) is 3.11. The number of ether oxygens (including phenoxy) is 1. The maximum Gasteiger partial charge on any atom is 0.167 e. The van der Waals surface area contributed by atoms with E-state index in [-0.39, 0.29) is 11.7 Å². The molecule has 0 N–H and O–H groups in total. The van der Waals surface area contributed by atoms with E-state index >= 15 is 0 Å². The highest BCUT2D eigenvalue weighted by atomic mass is 35.5. The van der Waals surface area contributed by atoms with Crippen molar-refractivity contribution in [1.82, 2.24) is 4.57 Å². The molecule has 0 radical (unpaired) electrons. The highest BCUT2D eigenvalue weighted by Crippen LogP contribution is 2.25. The number of fused-ring (bicyclic) bond motifs is 1. The van der Waals surface area contributed by atoms with Gasteiger partial charge < -0.3 is 9.30 Å². The monoisotopic (exact) mass is 355 g/mol. The summed E-state index contributed by atoms with van der Waals surface area (Å²) in [5.41, 5.74) is 1.89. The van der Waals surface area contributed by atoms with Gasteiger partial charge in [-0.05, 0) is 24.6 Å². The molecule has 0 saturated heterocycles. The molecule has 0 atom stereocenters. The van der Waals surface area contributed by atoms with E-state index in [0.717, 1.165) is 29.4 Å². The second kappa shape index (κ2) is 7.75. The molecule has 0 amide bonds. The van der Waals surface area contributed by atoms with Crippen LogP contribution in [0.5, 0.6) is 5.75 Å². The lowest BCUT2D eigenvalue weighted by molar-refractivity contribution is 0.0941. The Kier molecular flexibility index (Phi) is 5.44. The Labute approximate surface area is 153 Å². The first-order valence-electron chi connectivity index (χ1n) is 8.57. The number of benzene rings is 2. The predicted octanol–water partition coefficient (Wildman–Crippen LogP) is 5.60. The zero-order valence-corrected chi connectivity index (χ0v) is 15.3. The van der Waals surface area contributed by atoms with Crippen molar-refractivity contribution in [1.29, 1.82) is 0 Å². The van der Waals surface area contributed by atoms with E-state index in [2.05, 4.69) is 10.6 Å². The summed E-state index contributed by atoms with van der Waals surface area (Å²) in [6.07, 6.45) is 2.81. The standard InChI is InChI=1S/C21H22ClNO2/c1-15(2)21(24)17-14-23(19-10-5-3-8-16(17)19)12-7-13-25-20-11-6-4-9-18(20)22/h3-6,8-11,14-15H,7,12-13H2,1-2H3. The molecule has 1 heterocycles. The van der Waals surface area contributed by atoms with Gasteiger partial charge >= 0.3 is 0 Å². The second-order valence-electron chi connectivity index (χ2n) is 6.40. The van der Waals surface area contributed by atoms with E-state index in [1.165, 1.54) is 0 Å². The minimum Gasteiger partial charge on any atom is -0.492 e. The summed E-state index contributed by atoms with van der Waals surface area (Å²) < 4.78 is 7.89. The van der Waals surface area contributed by atoms with E-state index in [1.807, 2.05) is 62.5 Å². The number of nitrogens with zero attached hydrogens (tertiary/aromatic N) is 1. The maximum atomic E-state index is 12.5. The lowest BCUT2D eigenvalue weighted by Crippen LogP contribution is -2.07. The van der Waals surface area contributed by atoms with Crippen molar-refractivity contribution >= 4 is 28.3 Å². The maximum absolute atomic E-state index is 12.5. The Bertz CT molecular complexity index is 882. The first kappa shape index (κ1) is 17.6. The van der Waals surface area contributed by atoms with Crippen molar-refractivity contribution in [2.24, 2.45) is 5.92 Å². The quantitative estimate of drug-likeness (QED) is 0.408. The molecule has 0 spiro atoms. The molecular weight excluding hydrogens is 334 g/mol. The number of aromatic nitrogens is 1. The lowest BCUT2D eigenvalue weighted by Gasteiger charge is -2.09. The summed E-state index contributed by atoms with van der Waals surface area (Å²) >= 11 is 6.10. The van der Waals surface area contributed by atoms with E-state index in [9.17, 15) is 4.79 Å². The predicted molar refractivity (Wildman–Crippen MR) is 103 cm³/mol. The number of ketones is 1. The van der Waals surface area contributed by atoms with Gasteiger partial charge in [-0.1, -0.05) is 55.8 Å². The number of para-hydroxylation sites is 2. The molecule has 1 aromatic heterocycles. The van der Waals surface area contributed by atoms with E-state index < -0.39 is 0 Å². The lowest BCUT2D eigenvalue weighted by atomic mass is 10.0. The van der Waals surface area contributed by atoms with E-state index in [4.69, 9.17) is 16.3 Å². The molecule has 3 nitrogen and oxygen atoms in total. The highest BCUT2D eigenvalue weighted by molar-refractivity contribution is 6.32. The average molecular weight is 356 g/mol. The summed E-state index contributed by atoms with van der Waals surface area (Å²) in [6, 6.07) is 15.5. The Balaban J connectivity index is 1.71. The van der Waals surface area contributed by atoms with Crippen LogP contribution in [-0.4, -0.2) is 17.0 Å². The van der Waals surface area contributed by atoms with Gasteiger partial charge in [0.1, 0.15) is 5.75 Å². The van der Waals surface area contributed by atoms with E-state index in [0.29, 0.717) is 17.4 Å². The van der Waals surface area contributed by atoms with Crippen molar-refractivity contribution in [2.75, 3.05) is 6.61 Å². The van der Waals surface area contributed by atoms with Crippen LogP contribution in [0.25, 0.3) is 10.9 Å². The van der Waals surface area contributed by atoms with Gasteiger partial charge in [-0.2, -0.15) is 0 Å². The normalized spacial score (nSPS) is 11.2. The number of aryl methyl sites for hydroxylation is 1. The molecule has 3 aromatic rings. The largest absolute Gasteiger partial charge is 0.492 e. The zero-order chi connectivity index (χ0) is 17.8. The number of rotatable bonds is 7. The minimum absolute atomic E-state index is 0.0113. The summed E-state index contributed by atoms with van der Waals surface area (Å²) in [6.45, 7) is 5.23. The molecule has 0 aliphatic carbocycles. The Morgan fingerprint density at radius 3 is 2.60 bits per heavy atom. The molecule has 0 bridgehead atoms. The van der Waals surface area contributed by atoms with Crippen molar-refractivity contribution in [3.8, 4) is 5.75 Å². The van der Waals surface area contributed by atoms with Gasteiger partial charge in [0.25, 0.3) is 0 Å². The molecule has 0 aliphatic heterocycles. The topological polar surface area (TPSA) is 31.2 Å². The zero-order valence-electron chi connectivity index (χ0n) is 14.5. The molecule has 0 unspecified atom stereocenters. The third-order valence-corrected chi connectivity index (χ3v) is 4.53. The first-order valence-corrected chi connectivity index (χ1v) is 8.95. The van der Waals surface area contributed by atoms with E-state index in [1.54, 1.807) is 0 Å². The molecule has 0 fully saturated rings. The fraction of sp³-hybridized carbons (Fsp3) is 0.286. The van der Waals surface area contributed by atoms with Crippen LogP contribution in [-0.2, 0) is 6.54 Å². The molecule has 3 rings (SSSR count). The molecule has 0 aliphatic rings. The van der Waals surface area contributed by atoms with Crippen LogP contribution in [0.3, 0.4) is 0 Å². The van der Waals surface area contributed by atoms with Gasteiger partial charge in [-0.15, -0.1) is 0 Å². The first-order chi connectivity index (χ1) is 12.1.